The van der Waals surface area contributed by atoms with Crippen LogP contribution in [0.3, 0.4) is 0 Å². The highest BCUT2D eigenvalue weighted by Gasteiger charge is 2.07. The average molecular weight is 192 g/mol. The predicted octanol–water partition coefficient (Wildman–Crippen LogP) is 1.06. The van der Waals surface area contributed by atoms with E-state index in [1.807, 2.05) is 6.92 Å². The van der Waals surface area contributed by atoms with Crippen LogP contribution in [0.5, 0.6) is 0 Å². The van der Waals surface area contributed by atoms with Crippen molar-refractivity contribution >= 4 is 23.7 Å². The molecule has 0 saturated heterocycles. The topological polar surface area (TPSA) is 74.6 Å². The van der Waals surface area contributed by atoms with E-state index < -0.39 is 11.9 Å². The quantitative estimate of drug-likeness (QED) is 0.658. The molecule has 0 heterocycles. The summed E-state index contributed by atoms with van der Waals surface area (Å²) < 4.78 is 0. The summed E-state index contributed by atoms with van der Waals surface area (Å²) in [7, 11) is 0. The lowest BCUT2D eigenvalue weighted by molar-refractivity contribution is -0.137. The van der Waals surface area contributed by atoms with Crippen LogP contribution in [-0.4, -0.2) is 33.2 Å². The van der Waals surface area contributed by atoms with E-state index in [4.69, 9.17) is 10.2 Å². The van der Waals surface area contributed by atoms with Crippen LogP contribution in [-0.2, 0) is 9.59 Å². The van der Waals surface area contributed by atoms with E-state index in [2.05, 4.69) is 0 Å². The minimum Gasteiger partial charge on any atom is -0.481 e. The molecule has 12 heavy (non-hydrogen) atoms. The molecule has 0 rings (SSSR count). The number of thioether (sulfide) groups is 1. The van der Waals surface area contributed by atoms with Gasteiger partial charge in [0.2, 0.25) is 0 Å². The van der Waals surface area contributed by atoms with Gasteiger partial charge in [-0.05, 0) is 6.42 Å². The smallest absolute Gasteiger partial charge is 0.313 e. The second kappa shape index (κ2) is 5.88. The summed E-state index contributed by atoms with van der Waals surface area (Å²) in [5.74, 6) is -1.65. The van der Waals surface area contributed by atoms with Gasteiger partial charge in [-0.15, -0.1) is 11.8 Å². The normalized spacial score (nSPS) is 12.4. The van der Waals surface area contributed by atoms with Crippen molar-refractivity contribution in [1.29, 1.82) is 0 Å². The maximum atomic E-state index is 10.1. The SMILES string of the molecule is CC(CCC(=O)O)SCC(=O)O. The van der Waals surface area contributed by atoms with Crippen LogP contribution >= 0.6 is 11.8 Å². The van der Waals surface area contributed by atoms with Gasteiger partial charge < -0.3 is 10.2 Å². The Kier molecular flexibility index (Phi) is 5.53. The Morgan fingerprint density at radius 3 is 2.33 bits per heavy atom. The van der Waals surface area contributed by atoms with E-state index in [0.29, 0.717) is 6.42 Å². The van der Waals surface area contributed by atoms with Crippen molar-refractivity contribution < 1.29 is 19.8 Å². The molecule has 4 nitrogen and oxygen atoms in total. The average Bonchev–Trinajstić information content (AvgIpc) is 1.96. The van der Waals surface area contributed by atoms with Crippen molar-refractivity contribution in [1.82, 2.24) is 0 Å². The zero-order chi connectivity index (χ0) is 9.56. The van der Waals surface area contributed by atoms with E-state index in [0.717, 1.165) is 0 Å². The molecule has 0 aliphatic rings. The molecular formula is C7H12O4S. The van der Waals surface area contributed by atoms with Crippen molar-refractivity contribution in [2.75, 3.05) is 5.75 Å². The van der Waals surface area contributed by atoms with Crippen LogP contribution in [0.15, 0.2) is 0 Å². The van der Waals surface area contributed by atoms with Crippen molar-refractivity contribution in [3.05, 3.63) is 0 Å². The van der Waals surface area contributed by atoms with Gasteiger partial charge in [-0.1, -0.05) is 6.92 Å². The molecule has 1 atom stereocenters. The predicted molar refractivity (Wildman–Crippen MR) is 46.4 cm³/mol. The molecular weight excluding hydrogens is 180 g/mol. The third-order valence-electron chi connectivity index (χ3n) is 1.26. The molecule has 0 aliphatic carbocycles. The number of rotatable bonds is 6. The molecule has 0 aromatic rings. The largest absolute Gasteiger partial charge is 0.481 e. The van der Waals surface area contributed by atoms with Crippen LogP contribution in [0.4, 0.5) is 0 Å². The molecule has 0 radical (unpaired) electrons. The number of carboxylic acids is 2. The zero-order valence-electron chi connectivity index (χ0n) is 6.82. The molecule has 0 aromatic carbocycles. The lowest BCUT2D eigenvalue weighted by Crippen LogP contribution is -2.06. The summed E-state index contributed by atoms with van der Waals surface area (Å²) in [4.78, 5) is 20.2. The Balaban J connectivity index is 3.39. The first-order chi connectivity index (χ1) is 5.52. The van der Waals surface area contributed by atoms with Crippen LogP contribution in [0.25, 0.3) is 0 Å². The minimum absolute atomic E-state index is 0.0424. The summed E-state index contributed by atoms with van der Waals surface area (Å²) in [6.45, 7) is 1.83. The molecule has 0 spiro atoms. The van der Waals surface area contributed by atoms with Crippen molar-refractivity contribution in [2.45, 2.75) is 25.0 Å². The maximum absolute atomic E-state index is 10.1. The van der Waals surface area contributed by atoms with E-state index in [1.54, 1.807) is 0 Å². The molecule has 5 heteroatoms. The Bertz CT molecular complexity index is 151. The third-order valence-corrected chi connectivity index (χ3v) is 2.47. The molecule has 1 unspecified atom stereocenters. The molecule has 0 amide bonds. The highest BCUT2D eigenvalue weighted by atomic mass is 32.2. The summed E-state index contributed by atoms with van der Waals surface area (Å²) in [6, 6.07) is 0. The highest BCUT2D eigenvalue weighted by molar-refractivity contribution is 8.00. The second-order valence-electron chi connectivity index (χ2n) is 2.45. The Morgan fingerprint density at radius 2 is 1.92 bits per heavy atom. The van der Waals surface area contributed by atoms with E-state index in [9.17, 15) is 9.59 Å². The number of carboxylic acid groups (broad SMARTS) is 2. The van der Waals surface area contributed by atoms with Crippen LogP contribution in [0, 0.1) is 0 Å². The van der Waals surface area contributed by atoms with Crippen molar-refractivity contribution in [2.24, 2.45) is 0 Å². The monoisotopic (exact) mass is 192 g/mol. The first-order valence-corrected chi connectivity index (χ1v) is 4.62. The number of hydrogen-bond acceptors (Lipinski definition) is 3. The number of carbonyl (C=O) groups is 2. The molecule has 0 fully saturated rings. The first kappa shape index (κ1) is 11.3. The molecule has 0 saturated carbocycles. The van der Waals surface area contributed by atoms with Gasteiger partial charge in [0.1, 0.15) is 0 Å². The first-order valence-electron chi connectivity index (χ1n) is 3.57. The maximum Gasteiger partial charge on any atom is 0.313 e. The fourth-order valence-corrected chi connectivity index (χ4v) is 1.34. The third kappa shape index (κ3) is 7.40. The van der Waals surface area contributed by atoms with Crippen molar-refractivity contribution in [3.8, 4) is 0 Å². The van der Waals surface area contributed by atoms with Crippen LogP contribution in [0.2, 0.25) is 0 Å². The van der Waals surface area contributed by atoms with E-state index >= 15 is 0 Å². The van der Waals surface area contributed by atoms with E-state index in [-0.39, 0.29) is 17.4 Å². The summed E-state index contributed by atoms with van der Waals surface area (Å²) in [6.07, 6.45) is 0.626. The lowest BCUT2D eigenvalue weighted by atomic mass is 10.2. The number of hydrogen-bond donors (Lipinski definition) is 2. The zero-order valence-corrected chi connectivity index (χ0v) is 7.63. The van der Waals surface area contributed by atoms with E-state index in [1.165, 1.54) is 11.8 Å². The van der Waals surface area contributed by atoms with Crippen LogP contribution < -0.4 is 0 Å². The fraction of sp³-hybridized carbons (Fsp3) is 0.714. The van der Waals surface area contributed by atoms with Gasteiger partial charge in [0.25, 0.3) is 0 Å². The van der Waals surface area contributed by atoms with Gasteiger partial charge in [0, 0.05) is 11.7 Å². The number of aliphatic carboxylic acids is 2. The van der Waals surface area contributed by atoms with Gasteiger partial charge >= 0.3 is 11.9 Å². The lowest BCUT2D eigenvalue weighted by Gasteiger charge is -2.06. The molecule has 2 N–H and O–H groups in total. The Hall–Kier alpha value is -0.710. The fourth-order valence-electron chi connectivity index (χ4n) is 0.624. The molecule has 0 aromatic heterocycles. The molecule has 70 valence electrons. The summed E-state index contributed by atoms with van der Waals surface area (Å²) >= 11 is 1.26. The second-order valence-corrected chi connectivity index (χ2v) is 3.87. The summed E-state index contributed by atoms with van der Waals surface area (Å²) in [5, 5.41) is 16.7. The van der Waals surface area contributed by atoms with Gasteiger partial charge in [-0.3, -0.25) is 9.59 Å². The Morgan fingerprint density at radius 1 is 1.33 bits per heavy atom. The van der Waals surface area contributed by atoms with Gasteiger partial charge in [-0.2, -0.15) is 0 Å². The standard InChI is InChI=1S/C7H12O4S/c1-5(2-3-6(8)9)12-4-7(10)11/h5H,2-4H2,1H3,(H,8,9)(H,10,11). The molecule has 0 bridgehead atoms. The summed E-state index contributed by atoms with van der Waals surface area (Å²) in [5.41, 5.74) is 0. The Labute approximate surface area is 75.0 Å². The van der Waals surface area contributed by atoms with Crippen LogP contribution in [0.1, 0.15) is 19.8 Å². The van der Waals surface area contributed by atoms with Crippen molar-refractivity contribution in [3.63, 3.8) is 0 Å². The minimum atomic E-state index is -0.859. The highest BCUT2D eigenvalue weighted by Crippen LogP contribution is 2.14. The molecule has 0 aliphatic heterocycles. The van der Waals surface area contributed by atoms with Gasteiger partial charge in [0.05, 0.1) is 5.75 Å². The van der Waals surface area contributed by atoms with Gasteiger partial charge in [-0.25, -0.2) is 0 Å². The van der Waals surface area contributed by atoms with Gasteiger partial charge in [0.15, 0.2) is 0 Å².